The van der Waals surface area contributed by atoms with Crippen molar-refractivity contribution in [3.05, 3.63) is 0 Å². The van der Waals surface area contributed by atoms with E-state index >= 15 is 0 Å². The van der Waals surface area contributed by atoms with E-state index in [0.29, 0.717) is 50.8 Å². The summed E-state index contributed by atoms with van der Waals surface area (Å²) in [6.07, 6.45) is 0.913. The molecule has 0 radical (unpaired) electrons. The molecule has 116 valence electrons. The fraction of sp³-hybridized carbons (Fsp3) is 0.769. The van der Waals surface area contributed by atoms with Crippen LogP contribution in [0.1, 0.15) is 12.8 Å². The molecule has 8 heteroatoms. The lowest BCUT2D eigenvalue weighted by Gasteiger charge is -2.32. The van der Waals surface area contributed by atoms with Crippen LogP contribution in [0.4, 0.5) is 0 Å². The fourth-order valence-corrected chi connectivity index (χ4v) is 4.01. The molecule has 21 heavy (non-hydrogen) atoms. The number of hydrogen-bond acceptors (Lipinski definition) is 5. The number of nitrogens with zero attached hydrogens (tertiary/aromatic N) is 2. The minimum absolute atomic E-state index is 0.000901. The molecular formula is C13H19N3O4S. The molecule has 3 saturated heterocycles. The van der Waals surface area contributed by atoms with Crippen LogP contribution in [-0.2, 0) is 19.1 Å². The minimum Gasteiger partial charge on any atom is -0.378 e. The molecule has 0 saturated carbocycles. The Labute approximate surface area is 127 Å². The molecule has 0 spiro atoms. The van der Waals surface area contributed by atoms with Gasteiger partial charge in [-0.15, -0.1) is 11.8 Å². The van der Waals surface area contributed by atoms with Crippen molar-refractivity contribution in [3.63, 3.8) is 0 Å². The zero-order valence-electron chi connectivity index (χ0n) is 11.7. The lowest BCUT2D eigenvalue weighted by atomic mass is 10.1. The number of morpholine rings is 1. The van der Waals surface area contributed by atoms with Crippen LogP contribution in [0.5, 0.6) is 0 Å². The second kappa shape index (κ2) is 6.23. The number of carbonyl (C=O) groups excluding carboxylic acids is 3. The van der Waals surface area contributed by atoms with E-state index in [1.54, 1.807) is 21.6 Å². The number of nitrogens with one attached hydrogen (secondary N) is 1. The van der Waals surface area contributed by atoms with Gasteiger partial charge in [0, 0.05) is 25.3 Å². The number of hydrogen-bond donors (Lipinski definition) is 1. The number of amides is 3. The van der Waals surface area contributed by atoms with Gasteiger partial charge in [0.1, 0.15) is 12.1 Å². The third kappa shape index (κ3) is 3.01. The monoisotopic (exact) mass is 313 g/mol. The molecule has 3 aliphatic rings. The van der Waals surface area contributed by atoms with E-state index in [9.17, 15) is 14.4 Å². The zero-order valence-corrected chi connectivity index (χ0v) is 12.6. The van der Waals surface area contributed by atoms with Gasteiger partial charge < -0.3 is 19.9 Å². The molecule has 3 aliphatic heterocycles. The van der Waals surface area contributed by atoms with Gasteiger partial charge in [-0.05, 0) is 6.42 Å². The van der Waals surface area contributed by atoms with Crippen molar-refractivity contribution in [2.24, 2.45) is 0 Å². The van der Waals surface area contributed by atoms with Crippen LogP contribution in [0.15, 0.2) is 0 Å². The first-order valence-electron chi connectivity index (χ1n) is 7.21. The summed E-state index contributed by atoms with van der Waals surface area (Å²) < 4.78 is 5.25. The van der Waals surface area contributed by atoms with Crippen molar-refractivity contribution in [2.75, 3.05) is 37.9 Å². The van der Waals surface area contributed by atoms with Gasteiger partial charge in [-0.3, -0.25) is 14.4 Å². The summed E-state index contributed by atoms with van der Waals surface area (Å²) >= 11 is 1.58. The van der Waals surface area contributed by atoms with Crippen molar-refractivity contribution in [1.82, 2.24) is 15.1 Å². The zero-order chi connectivity index (χ0) is 14.8. The van der Waals surface area contributed by atoms with E-state index in [4.69, 9.17) is 4.74 Å². The van der Waals surface area contributed by atoms with E-state index in [2.05, 4.69) is 5.32 Å². The molecule has 3 amide bonds. The highest BCUT2D eigenvalue weighted by atomic mass is 32.2. The summed E-state index contributed by atoms with van der Waals surface area (Å²) in [4.78, 5) is 39.7. The van der Waals surface area contributed by atoms with Gasteiger partial charge in [-0.2, -0.15) is 0 Å². The SMILES string of the molecule is O=C1CC[C@@H](C(=O)N2CSCC2C(=O)N2CCOCC2)N1. The van der Waals surface area contributed by atoms with Crippen LogP contribution in [0.2, 0.25) is 0 Å². The Morgan fingerprint density at radius 2 is 2.00 bits per heavy atom. The summed E-state index contributed by atoms with van der Waals surface area (Å²) in [7, 11) is 0. The minimum atomic E-state index is -0.462. The van der Waals surface area contributed by atoms with Gasteiger partial charge >= 0.3 is 0 Å². The van der Waals surface area contributed by atoms with Crippen LogP contribution < -0.4 is 5.32 Å². The highest BCUT2D eigenvalue weighted by Crippen LogP contribution is 2.25. The first-order valence-corrected chi connectivity index (χ1v) is 8.36. The summed E-state index contributed by atoms with van der Waals surface area (Å²) in [5.74, 6) is 0.934. The molecular weight excluding hydrogens is 294 g/mol. The van der Waals surface area contributed by atoms with Crippen molar-refractivity contribution in [1.29, 1.82) is 0 Å². The molecule has 1 N–H and O–H groups in total. The predicted molar refractivity (Wildman–Crippen MR) is 76.5 cm³/mol. The molecule has 0 aliphatic carbocycles. The topological polar surface area (TPSA) is 79.0 Å². The molecule has 3 heterocycles. The summed E-state index contributed by atoms with van der Waals surface area (Å²) in [6.45, 7) is 2.28. The van der Waals surface area contributed by atoms with Crippen LogP contribution >= 0.6 is 11.8 Å². The molecule has 3 rings (SSSR count). The molecule has 2 atom stereocenters. The Hall–Kier alpha value is -1.28. The predicted octanol–water partition coefficient (Wildman–Crippen LogP) is -0.975. The van der Waals surface area contributed by atoms with E-state index in [1.165, 1.54) is 0 Å². The molecule has 3 fully saturated rings. The summed E-state index contributed by atoms with van der Waals surface area (Å²) in [5.41, 5.74) is 0. The Morgan fingerprint density at radius 3 is 2.67 bits per heavy atom. The highest BCUT2D eigenvalue weighted by Gasteiger charge is 2.41. The lowest BCUT2D eigenvalue weighted by molar-refractivity contribution is -0.146. The maximum Gasteiger partial charge on any atom is 0.246 e. The van der Waals surface area contributed by atoms with Gasteiger partial charge in [-0.25, -0.2) is 0 Å². The van der Waals surface area contributed by atoms with E-state index in [1.807, 2.05) is 0 Å². The number of rotatable bonds is 2. The van der Waals surface area contributed by atoms with E-state index in [0.717, 1.165) is 0 Å². The average molecular weight is 313 g/mol. The van der Waals surface area contributed by atoms with E-state index < -0.39 is 12.1 Å². The quantitative estimate of drug-likeness (QED) is 0.709. The third-order valence-electron chi connectivity index (χ3n) is 4.07. The van der Waals surface area contributed by atoms with Crippen LogP contribution in [0.25, 0.3) is 0 Å². The average Bonchev–Trinajstić information content (AvgIpc) is 3.15. The smallest absolute Gasteiger partial charge is 0.246 e. The molecule has 0 aromatic heterocycles. The Bertz CT molecular complexity index is 453. The molecule has 0 bridgehead atoms. The van der Waals surface area contributed by atoms with Crippen LogP contribution in [0.3, 0.4) is 0 Å². The molecule has 0 aromatic carbocycles. The van der Waals surface area contributed by atoms with Gasteiger partial charge in [0.25, 0.3) is 0 Å². The van der Waals surface area contributed by atoms with Gasteiger partial charge in [0.15, 0.2) is 0 Å². The van der Waals surface area contributed by atoms with E-state index in [-0.39, 0.29) is 17.7 Å². The second-order valence-corrected chi connectivity index (χ2v) is 6.42. The second-order valence-electron chi connectivity index (χ2n) is 5.42. The van der Waals surface area contributed by atoms with Crippen LogP contribution in [0, 0.1) is 0 Å². The largest absolute Gasteiger partial charge is 0.378 e. The normalized spacial score (nSPS) is 29.6. The first kappa shape index (κ1) is 14.6. The fourth-order valence-electron chi connectivity index (χ4n) is 2.86. The Morgan fingerprint density at radius 1 is 1.24 bits per heavy atom. The van der Waals surface area contributed by atoms with Gasteiger partial charge in [0.05, 0.1) is 19.1 Å². The van der Waals surface area contributed by atoms with Gasteiger partial charge in [0.2, 0.25) is 17.7 Å². The maximum absolute atomic E-state index is 12.6. The summed E-state index contributed by atoms with van der Waals surface area (Å²) in [5, 5.41) is 2.69. The Kier molecular flexibility index (Phi) is 4.34. The number of carbonyl (C=O) groups is 3. The lowest BCUT2D eigenvalue weighted by Crippen LogP contribution is -2.54. The number of thioether (sulfide) groups is 1. The summed E-state index contributed by atoms with van der Waals surface area (Å²) in [6, 6.07) is -0.866. The molecule has 0 aromatic rings. The van der Waals surface area contributed by atoms with Crippen molar-refractivity contribution in [2.45, 2.75) is 24.9 Å². The third-order valence-corrected chi connectivity index (χ3v) is 5.08. The van der Waals surface area contributed by atoms with Crippen molar-refractivity contribution in [3.8, 4) is 0 Å². The molecule has 1 unspecified atom stereocenters. The van der Waals surface area contributed by atoms with Crippen LogP contribution in [-0.4, -0.2) is 77.5 Å². The Balaban J connectivity index is 1.65. The standard InChI is InChI=1S/C13H19N3O4S/c17-11-2-1-9(14-11)12(18)16-8-21-7-10(16)13(19)15-3-5-20-6-4-15/h9-10H,1-8H2,(H,14,17)/t9-,10?/m0/s1. The first-order chi connectivity index (χ1) is 10.2. The molecule has 7 nitrogen and oxygen atoms in total. The van der Waals surface area contributed by atoms with Gasteiger partial charge in [-0.1, -0.05) is 0 Å². The maximum atomic E-state index is 12.6. The van der Waals surface area contributed by atoms with Crippen molar-refractivity contribution >= 4 is 29.5 Å². The van der Waals surface area contributed by atoms with Crippen molar-refractivity contribution < 1.29 is 19.1 Å². The number of ether oxygens (including phenoxy) is 1. The highest BCUT2D eigenvalue weighted by molar-refractivity contribution is 7.99.